The summed E-state index contributed by atoms with van der Waals surface area (Å²) in [6, 6.07) is 3.93. The summed E-state index contributed by atoms with van der Waals surface area (Å²) in [7, 11) is 0. The van der Waals surface area contributed by atoms with Crippen molar-refractivity contribution in [2.24, 2.45) is 0 Å². The van der Waals surface area contributed by atoms with E-state index in [0.717, 1.165) is 54.7 Å². The first-order valence-electron chi connectivity index (χ1n) is 9.96. The van der Waals surface area contributed by atoms with Crippen LogP contribution >= 0.6 is 0 Å². The van der Waals surface area contributed by atoms with Gasteiger partial charge in [-0.05, 0) is 70.7 Å². The molecular formula is C22H37NO3. The van der Waals surface area contributed by atoms with Gasteiger partial charge >= 0.3 is 0 Å². The highest BCUT2D eigenvalue weighted by molar-refractivity contribution is 5.97. The Hall–Kier alpha value is -1.55. The van der Waals surface area contributed by atoms with Crippen molar-refractivity contribution in [1.82, 2.24) is 0 Å². The summed E-state index contributed by atoms with van der Waals surface area (Å²) >= 11 is 0. The number of carbonyl (C=O) groups excluding carboxylic acids is 1. The molecule has 1 amide bonds. The summed E-state index contributed by atoms with van der Waals surface area (Å²) in [4.78, 5) is 13.0. The second kappa shape index (κ2) is 10.6. The first-order chi connectivity index (χ1) is 12.2. The van der Waals surface area contributed by atoms with Gasteiger partial charge in [-0.1, -0.05) is 33.1 Å². The third kappa shape index (κ3) is 6.64. The predicted octanol–water partition coefficient (Wildman–Crippen LogP) is 5.79. The SMILES string of the molecule is CCCCCC(C)(OCCC)C(=O)Nc1cc(C)c(OC(C)C)c(C)c1. The Balaban J connectivity index is 2.93. The summed E-state index contributed by atoms with van der Waals surface area (Å²) in [6.07, 6.45) is 4.98. The topological polar surface area (TPSA) is 47.6 Å². The second-order valence-electron chi connectivity index (χ2n) is 7.60. The van der Waals surface area contributed by atoms with Crippen LogP contribution < -0.4 is 10.1 Å². The molecule has 0 aliphatic carbocycles. The van der Waals surface area contributed by atoms with Crippen molar-refractivity contribution in [3.63, 3.8) is 0 Å². The molecule has 26 heavy (non-hydrogen) atoms. The van der Waals surface area contributed by atoms with Crippen LogP contribution in [-0.2, 0) is 9.53 Å². The van der Waals surface area contributed by atoms with E-state index in [2.05, 4.69) is 19.2 Å². The average molecular weight is 364 g/mol. The molecule has 0 fully saturated rings. The molecule has 1 rings (SSSR count). The molecule has 0 aromatic heterocycles. The van der Waals surface area contributed by atoms with Crippen molar-refractivity contribution in [2.45, 2.75) is 92.3 Å². The quantitative estimate of drug-likeness (QED) is 0.506. The Morgan fingerprint density at radius 2 is 1.73 bits per heavy atom. The number of unbranched alkanes of at least 4 members (excludes halogenated alkanes) is 2. The molecule has 0 bridgehead atoms. The van der Waals surface area contributed by atoms with Crippen molar-refractivity contribution < 1.29 is 14.3 Å². The lowest BCUT2D eigenvalue weighted by Crippen LogP contribution is -2.43. The monoisotopic (exact) mass is 363 g/mol. The Morgan fingerprint density at radius 3 is 2.23 bits per heavy atom. The molecule has 0 spiro atoms. The van der Waals surface area contributed by atoms with E-state index in [1.807, 2.05) is 46.8 Å². The fourth-order valence-electron chi connectivity index (χ4n) is 3.00. The molecule has 148 valence electrons. The van der Waals surface area contributed by atoms with Crippen LogP contribution in [0.1, 0.15) is 77.8 Å². The number of nitrogens with one attached hydrogen (secondary N) is 1. The van der Waals surface area contributed by atoms with E-state index >= 15 is 0 Å². The molecule has 0 aliphatic heterocycles. The van der Waals surface area contributed by atoms with Crippen LogP contribution in [0.5, 0.6) is 5.75 Å². The highest BCUT2D eigenvalue weighted by atomic mass is 16.5. The van der Waals surface area contributed by atoms with Gasteiger partial charge in [-0.2, -0.15) is 0 Å². The van der Waals surface area contributed by atoms with Gasteiger partial charge in [-0.3, -0.25) is 4.79 Å². The molecule has 0 radical (unpaired) electrons. The van der Waals surface area contributed by atoms with E-state index < -0.39 is 5.60 Å². The van der Waals surface area contributed by atoms with E-state index in [9.17, 15) is 4.79 Å². The highest BCUT2D eigenvalue weighted by Crippen LogP contribution is 2.29. The van der Waals surface area contributed by atoms with Gasteiger partial charge in [0, 0.05) is 12.3 Å². The van der Waals surface area contributed by atoms with Crippen LogP contribution in [0.3, 0.4) is 0 Å². The molecule has 4 heteroatoms. The fraction of sp³-hybridized carbons (Fsp3) is 0.682. The first-order valence-corrected chi connectivity index (χ1v) is 9.96. The Morgan fingerprint density at radius 1 is 1.12 bits per heavy atom. The van der Waals surface area contributed by atoms with Crippen LogP contribution in [0, 0.1) is 13.8 Å². The van der Waals surface area contributed by atoms with E-state index in [0.29, 0.717) is 6.61 Å². The Bertz CT molecular complexity index is 560. The molecule has 1 aromatic rings. The largest absolute Gasteiger partial charge is 0.490 e. The Kier molecular flexibility index (Phi) is 9.14. The predicted molar refractivity (Wildman–Crippen MR) is 109 cm³/mol. The number of aryl methyl sites for hydroxylation is 2. The zero-order valence-electron chi connectivity index (χ0n) is 17.7. The molecule has 0 saturated heterocycles. The lowest BCUT2D eigenvalue weighted by molar-refractivity contribution is -0.140. The molecular weight excluding hydrogens is 326 g/mol. The molecule has 0 aliphatic rings. The van der Waals surface area contributed by atoms with Gasteiger partial charge in [-0.15, -0.1) is 0 Å². The van der Waals surface area contributed by atoms with E-state index in [1.54, 1.807) is 0 Å². The number of hydrogen-bond acceptors (Lipinski definition) is 3. The van der Waals surface area contributed by atoms with Crippen molar-refractivity contribution >= 4 is 11.6 Å². The van der Waals surface area contributed by atoms with Gasteiger partial charge < -0.3 is 14.8 Å². The minimum absolute atomic E-state index is 0.0709. The van der Waals surface area contributed by atoms with Crippen LogP contribution in [-0.4, -0.2) is 24.2 Å². The normalized spacial score (nSPS) is 13.5. The molecule has 4 nitrogen and oxygen atoms in total. The molecule has 1 atom stereocenters. The maximum atomic E-state index is 13.0. The summed E-state index contributed by atoms with van der Waals surface area (Å²) in [6.45, 7) is 14.8. The summed E-state index contributed by atoms with van der Waals surface area (Å²) < 4.78 is 11.8. The number of ether oxygens (including phenoxy) is 2. The minimum atomic E-state index is -0.792. The fourth-order valence-corrected chi connectivity index (χ4v) is 3.00. The third-order valence-corrected chi connectivity index (χ3v) is 4.43. The van der Waals surface area contributed by atoms with Gasteiger partial charge in [-0.25, -0.2) is 0 Å². The van der Waals surface area contributed by atoms with Crippen molar-refractivity contribution in [3.8, 4) is 5.75 Å². The van der Waals surface area contributed by atoms with Crippen LogP contribution in [0.25, 0.3) is 0 Å². The molecule has 0 saturated carbocycles. The van der Waals surface area contributed by atoms with Gasteiger partial charge in [0.2, 0.25) is 0 Å². The number of hydrogen-bond donors (Lipinski definition) is 1. The van der Waals surface area contributed by atoms with Crippen molar-refractivity contribution in [3.05, 3.63) is 23.3 Å². The standard InChI is InChI=1S/C22H37NO3/c1-8-10-11-12-22(7,25-13-9-2)21(24)23-19-14-17(5)20(18(6)15-19)26-16(3)4/h14-16H,8-13H2,1-7H3,(H,23,24). The smallest absolute Gasteiger partial charge is 0.256 e. The molecule has 1 N–H and O–H groups in total. The van der Waals surface area contributed by atoms with Gasteiger partial charge in [0.15, 0.2) is 0 Å². The number of amides is 1. The maximum absolute atomic E-state index is 13.0. The van der Waals surface area contributed by atoms with Crippen molar-refractivity contribution in [2.75, 3.05) is 11.9 Å². The van der Waals surface area contributed by atoms with Gasteiger partial charge in [0.1, 0.15) is 11.4 Å². The van der Waals surface area contributed by atoms with Crippen LogP contribution in [0.2, 0.25) is 0 Å². The highest BCUT2D eigenvalue weighted by Gasteiger charge is 2.33. The minimum Gasteiger partial charge on any atom is -0.490 e. The lowest BCUT2D eigenvalue weighted by atomic mass is 9.96. The summed E-state index contributed by atoms with van der Waals surface area (Å²) in [5.74, 6) is 0.823. The number of rotatable bonds is 11. The Labute approximate surface area is 159 Å². The van der Waals surface area contributed by atoms with Gasteiger partial charge in [0.05, 0.1) is 6.10 Å². The van der Waals surface area contributed by atoms with Crippen LogP contribution in [0.15, 0.2) is 12.1 Å². The zero-order chi connectivity index (χ0) is 19.7. The first kappa shape index (κ1) is 22.5. The molecule has 0 heterocycles. The lowest BCUT2D eigenvalue weighted by Gasteiger charge is -2.29. The van der Waals surface area contributed by atoms with E-state index in [4.69, 9.17) is 9.47 Å². The summed E-state index contributed by atoms with van der Waals surface area (Å²) in [5.41, 5.74) is 2.05. The number of benzene rings is 1. The number of carbonyl (C=O) groups is 1. The number of anilines is 1. The van der Waals surface area contributed by atoms with E-state index in [-0.39, 0.29) is 12.0 Å². The summed E-state index contributed by atoms with van der Waals surface area (Å²) in [5, 5.41) is 3.06. The second-order valence-corrected chi connectivity index (χ2v) is 7.60. The third-order valence-electron chi connectivity index (χ3n) is 4.43. The van der Waals surface area contributed by atoms with E-state index in [1.165, 1.54) is 0 Å². The van der Waals surface area contributed by atoms with Gasteiger partial charge in [0.25, 0.3) is 5.91 Å². The van der Waals surface area contributed by atoms with Crippen LogP contribution in [0.4, 0.5) is 5.69 Å². The molecule has 1 unspecified atom stereocenters. The average Bonchev–Trinajstić information content (AvgIpc) is 2.56. The molecule has 1 aromatic carbocycles. The van der Waals surface area contributed by atoms with Crippen molar-refractivity contribution in [1.29, 1.82) is 0 Å². The zero-order valence-corrected chi connectivity index (χ0v) is 17.7. The maximum Gasteiger partial charge on any atom is 0.256 e.